The van der Waals surface area contributed by atoms with E-state index in [4.69, 9.17) is 0 Å². The molecular formula is C10H19N3O2. The van der Waals surface area contributed by atoms with Crippen LogP contribution in [0.25, 0.3) is 0 Å². The molecule has 2 amide bonds. The maximum atomic E-state index is 11.6. The molecule has 1 saturated heterocycles. The number of nitrogens with one attached hydrogen (secondary N) is 2. The number of carbonyl (C=O) groups excluding carboxylic acids is 2. The molecule has 0 aromatic carbocycles. The highest BCUT2D eigenvalue weighted by Crippen LogP contribution is 2.15. The van der Waals surface area contributed by atoms with E-state index in [9.17, 15) is 9.59 Å². The second-order valence-corrected chi connectivity index (χ2v) is 4.21. The lowest BCUT2D eigenvalue weighted by Gasteiger charge is -2.31. The van der Waals surface area contributed by atoms with Gasteiger partial charge >= 0.3 is 0 Å². The molecule has 1 rings (SSSR count). The summed E-state index contributed by atoms with van der Waals surface area (Å²) in [6.07, 6.45) is 0. The first-order chi connectivity index (χ1) is 7.02. The van der Waals surface area contributed by atoms with Crippen LogP contribution in [0.5, 0.6) is 0 Å². The molecule has 0 aliphatic carbocycles. The maximum absolute atomic E-state index is 11.6. The van der Waals surface area contributed by atoms with Crippen LogP contribution in [0.3, 0.4) is 0 Å². The number of carbonyl (C=O) groups is 2. The van der Waals surface area contributed by atoms with Crippen molar-refractivity contribution < 1.29 is 9.59 Å². The highest BCUT2D eigenvalue weighted by atomic mass is 16.2. The zero-order chi connectivity index (χ0) is 11.4. The SMILES string of the molecule is CC(C(=O)NCC(=O)N(C)C)C1CNC1. The fraction of sp³-hybridized carbons (Fsp3) is 0.800. The molecule has 1 atom stereocenters. The van der Waals surface area contributed by atoms with Crippen molar-refractivity contribution in [3.63, 3.8) is 0 Å². The Labute approximate surface area is 90.2 Å². The molecule has 1 unspecified atom stereocenters. The zero-order valence-electron chi connectivity index (χ0n) is 9.54. The van der Waals surface area contributed by atoms with Crippen molar-refractivity contribution in [2.45, 2.75) is 6.92 Å². The third-order valence-electron chi connectivity index (χ3n) is 2.85. The topological polar surface area (TPSA) is 61.4 Å². The summed E-state index contributed by atoms with van der Waals surface area (Å²) in [6, 6.07) is 0. The molecule has 0 aromatic rings. The van der Waals surface area contributed by atoms with Crippen LogP contribution in [0.4, 0.5) is 0 Å². The quantitative estimate of drug-likeness (QED) is 0.633. The van der Waals surface area contributed by atoms with Crippen molar-refractivity contribution in [1.29, 1.82) is 0 Å². The summed E-state index contributed by atoms with van der Waals surface area (Å²) in [5, 5.41) is 5.78. The van der Waals surface area contributed by atoms with Gasteiger partial charge in [-0.2, -0.15) is 0 Å². The van der Waals surface area contributed by atoms with Crippen molar-refractivity contribution in [1.82, 2.24) is 15.5 Å². The van der Waals surface area contributed by atoms with Crippen LogP contribution < -0.4 is 10.6 Å². The molecule has 1 aliphatic heterocycles. The second kappa shape index (κ2) is 5.11. The summed E-state index contributed by atoms with van der Waals surface area (Å²) >= 11 is 0. The molecule has 1 aliphatic rings. The number of nitrogens with zero attached hydrogens (tertiary/aromatic N) is 1. The lowest BCUT2D eigenvalue weighted by Crippen LogP contribution is -2.50. The molecule has 5 nitrogen and oxygen atoms in total. The molecule has 1 heterocycles. The Morgan fingerprint density at radius 3 is 2.47 bits per heavy atom. The van der Waals surface area contributed by atoms with Crippen LogP contribution in [-0.2, 0) is 9.59 Å². The average molecular weight is 213 g/mol. The van der Waals surface area contributed by atoms with Crippen LogP contribution >= 0.6 is 0 Å². The Morgan fingerprint density at radius 1 is 1.47 bits per heavy atom. The Balaban J connectivity index is 2.25. The summed E-state index contributed by atoms with van der Waals surface area (Å²) in [5.74, 6) is 0.291. The number of hydrogen-bond donors (Lipinski definition) is 2. The Kier molecular flexibility index (Phi) is 4.08. The minimum atomic E-state index is -0.0812. The van der Waals surface area contributed by atoms with E-state index in [-0.39, 0.29) is 24.3 Å². The highest BCUT2D eigenvalue weighted by molar-refractivity contribution is 5.85. The number of likely N-dealkylation sites (N-methyl/N-ethyl adjacent to an activating group) is 1. The fourth-order valence-electron chi connectivity index (χ4n) is 1.36. The smallest absolute Gasteiger partial charge is 0.241 e. The van der Waals surface area contributed by atoms with Gasteiger partial charge in [-0.05, 0) is 19.0 Å². The third kappa shape index (κ3) is 3.20. The second-order valence-electron chi connectivity index (χ2n) is 4.21. The zero-order valence-corrected chi connectivity index (χ0v) is 9.54. The minimum Gasteiger partial charge on any atom is -0.347 e. The largest absolute Gasteiger partial charge is 0.347 e. The predicted octanol–water partition coefficient (Wildman–Crippen LogP) is -0.954. The van der Waals surface area contributed by atoms with Gasteiger partial charge in [0.25, 0.3) is 0 Å². The van der Waals surface area contributed by atoms with Crippen LogP contribution in [0.1, 0.15) is 6.92 Å². The van der Waals surface area contributed by atoms with Crippen molar-refractivity contribution >= 4 is 11.8 Å². The molecule has 0 radical (unpaired) electrons. The molecule has 86 valence electrons. The van der Waals surface area contributed by atoms with E-state index >= 15 is 0 Å². The van der Waals surface area contributed by atoms with Crippen molar-refractivity contribution in [2.75, 3.05) is 33.7 Å². The van der Waals surface area contributed by atoms with Gasteiger partial charge in [-0.1, -0.05) is 6.92 Å². The standard InChI is InChI=1S/C10H19N3O2/c1-7(8-4-11-5-8)10(15)12-6-9(14)13(2)3/h7-8,11H,4-6H2,1-3H3,(H,12,15). The first-order valence-electron chi connectivity index (χ1n) is 5.21. The van der Waals surface area contributed by atoms with Gasteiger partial charge in [-0.3, -0.25) is 9.59 Å². The van der Waals surface area contributed by atoms with E-state index in [1.165, 1.54) is 4.90 Å². The lowest BCUT2D eigenvalue weighted by atomic mass is 9.88. The van der Waals surface area contributed by atoms with Gasteiger partial charge in [-0.15, -0.1) is 0 Å². The van der Waals surface area contributed by atoms with Gasteiger partial charge in [0.2, 0.25) is 11.8 Å². The van der Waals surface area contributed by atoms with E-state index in [2.05, 4.69) is 10.6 Å². The number of hydrogen-bond acceptors (Lipinski definition) is 3. The van der Waals surface area contributed by atoms with E-state index < -0.39 is 0 Å². The van der Waals surface area contributed by atoms with E-state index in [0.29, 0.717) is 5.92 Å². The number of amides is 2. The highest BCUT2D eigenvalue weighted by Gasteiger charge is 2.28. The van der Waals surface area contributed by atoms with E-state index in [1.54, 1.807) is 14.1 Å². The molecule has 5 heteroatoms. The van der Waals surface area contributed by atoms with Crippen molar-refractivity contribution in [2.24, 2.45) is 11.8 Å². The van der Waals surface area contributed by atoms with Crippen molar-refractivity contribution in [3.8, 4) is 0 Å². The summed E-state index contributed by atoms with van der Waals surface area (Å²) < 4.78 is 0. The van der Waals surface area contributed by atoms with E-state index in [0.717, 1.165) is 13.1 Å². The van der Waals surface area contributed by atoms with Crippen molar-refractivity contribution in [3.05, 3.63) is 0 Å². The molecule has 0 spiro atoms. The van der Waals surface area contributed by atoms with Crippen LogP contribution in [0.2, 0.25) is 0 Å². The minimum absolute atomic E-state index is 0.0128. The van der Waals surface area contributed by atoms with Crippen LogP contribution in [0.15, 0.2) is 0 Å². The molecule has 15 heavy (non-hydrogen) atoms. The first-order valence-corrected chi connectivity index (χ1v) is 5.21. The molecule has 0 saturated carbocycles. The molecule has 0 bridgehead atoms. The van der Waals surface area contributed by atoms with Gasteiger partial charge in [0.05, 0.1) is 6.54 Å². The van der Waals surface area contributed by atoms with E-state index in [1.807, 2.05) is 6.92 Å². The Bertz CT molecular complexity index is 249. The van der Waals surface area contributed by atoms with Crippen LogP contribution in [0, 0.1) is 11.8 Å². The Morgan fingerprint density at radius 2 is 2.07 bits per heavy atom. The summed E-state index contributed by atoms with van der Waals surface area (Å²) in [7, 11) is 3.35. The fourth-order valence-corrected chi connectivity index (χ4v) is 1.36. The monoisotopic (exact) mass is 213 g/mol. The van der Waals surface area contributed by atoms with Gasteiger partial charge < -0.3 is 15.5 Å². The van der Waals surface area contributed by atoms with Gasteiger partial charge in [0, 0.05) is 20.0 Å². The van der Waals surface area contributed by atoms with Crippen LogP contribution in [-0.4, -0.2) is 50.4 Å². The predicted molar refractivity (Wildman–Crippen MR) is 57.2 cm³/mol. The average Bonchev–Trinajstić information content (AvgIpc) is 2.10. The third-order valence-corrected chi connectivity index (χ3v) is 2.85. The van der Waals surface area contributed by atoms with Gasteiger partial charge in [0.15, 0.2) is 0 Å². The lowest BCUT2D eigenvalue weighted by molar-refractivity contribution is -0.133. The molecule has 1 fully saturated rings. The summed E-state index contributed by atoms with van der Waals surface area (Å²) in [4.78, 5) is 24.3. The molecular weight excluding hydrogens is 194 g/mol. The van der Waals surface area contributed by atoms with Gasteiger partial charge in [-0.25, -0.2) is 0 Å². The molecule has 0 aromatic heterocycles. The summed E-state index contributed by atoms with van der Waals surface area (Å²) in [6.45, 7) is 3.80. The number of rotatable bonds is 4. The Hall–Kier alpha value is -1.10. The van der Waals surface area contributed by atoms with Gasteiger partial charge in [0.1, 0.15) is 0 Å². The first kappa shape index (κ1) is 12.0. The molecule has 2 N–H and O–H groups in total. The maximum Gasteiger partial charge on any atom is 0.241 e. The normalized spacial score (nSPS) is 17.8. The summed E-state index contributed by atoms with van der Waals surface area (Å²) in [5.41, 5.74) is 0.